The van der Waals surface area contributed by atoms with Gasteiger partial charge in [0, 0.05) is 78.1 Å². The number of esters is 1. The molecule has 45 heteroatoms. The number of ketones is 1. The molecule has 6 rings (SSSR count). The third kappa shape index (κ3) is 28.5. The van der Waals surface area contributed by atoms with Gasteiger partial charge in [-0.25, -0.2) is 33.1 Å². The summed E-state index contributed by atoms with van der Waals surface area (Å²) in [7, 11) is -21.5. The molecule has 1 aliphatic carbocycles. The molecular weight excluding hydrogens is 1550 g/mol. The maximum atomic E-state index is 13.3. The number of benzene rings is 3. The summed E-state index contributed by atoms with van der Waals surface area (Å²) in [5, 5.41) is 12.4. The molecular formula is C58H80N6O30P3S6+. The Morgan fingerprint density at radius 2 is 1.57 bits per heavy atom. The van der Waals surface area contributed by atoms with Crippen LogP contribution in [-0.4, -0.2) is 186 Å². The number of nitrogen functional groups attached to an aromatic ring is 2. The maximum absolute atomic E-state index is 13.3. The number of alkyl carbamates (subject to hydrolysis) is 1. The Hall–Kier alpha value is -5.65. The van der Waals surface area contributed by atoms with Crippen LogP contribution in [0.5, 0.6) is 0 Å². The number of carboxylic acids is 1. The molecule has 3 aromatic rings. The Bertz CT molecular complexity index is 4410. The van der Waals surface area contributed by atoms with Gasteiger partial charge < -0.3 is 79.0 Å². The summed E-state index contributed by atoms with van der Waals surface area (Å²) >= 11 is 5.14. The Kier molecular flexibility index (Phi) is 34.5. The second-order valence-electron chi connectivity index (χ2n) is 22.4. The molecule has 6 atom stereocenters. The molecule has 13 N–H and O–H groups in total. The van der Waals surface area contributed by atoms with E-state index in [4.69, 9.17) is 69.8 Å². The first kappa shape index (κ1) is 88.0. The minimum Gasteiger partial charge on any atom is -0.478 e. The molecule has 3 unspecified atom stereocenters. The van der Waals surface area contributed by atoms with Crippen LogP contribution in [0.3, 0.4) is 0 Å². The van der Waals surface area contributed by atoms with Crippen LogP contribution in [0.4, 0.5) is 16.3 Å². The highest BCUT2D eigenvalue weighted by atomic mass is 33.1. The third-order valence-electron chi connectivity index (χ3n) is 14.0. The lowest BCUT2D eigenvalue weighted by Gasteiger charge is -2.22. The van der Waals surface area contributed by atoms with Gasteiger partial charge in [-0.1, -0.05) is 62.3 Å². The fraction of sp³-hybridized carbons (Fsp3) is 0.500. The van der Waals surface area contributed by atoms with Crippen molar-refractivity contribution in [3.63, 3.8) is 0 Å². The zero-order valence-electron chi connectivity index (χ0n) is 56.1. The number of anilines is 2. The number of nitrogens with zero attached hydrogens (tertiary/aromatic N) is 2. The number of fused-ring (bicyclic) bond motifs is 2. The fourth-order valence-electron chi connectivity index (χ4n) is 9.64. The predicted octanol–water partition coefficient (Wildman–Crippen LogP) is 4.84. The summed E-state index contributed by atoms with van der Waals surface area (Å²) in [6.45, 7) is 7.74. The Morgan fingerprint density at radius 1 is 0.893 bits per heavy atom. The van der Waals surface area contributed by atoms with Crippen molar-refractivity contribution in [3.05, 3.63) is 81.2 Å². The minimum atomic E-state index is -5.75. The van der Waals surface area contributed by atoms with Crippen molar-refractivity contribution in [1.29, 1.82) is 0 Å². The van der Waals surface area contributed by atoms with E-state index in [-0.39, 0.29) is 132 Å². The molecule has 0 saturated carbocycles. The maximum Gasteiger partial charge on any atom is 0.490 e. The number of aromatic nitrogens is 2. The second kappa shape index (κ2) is 40.3. The molecule has 0 spiro atoms. The number of aromatic carboxylic acids is 1. The van der Waals surface area contributed by atoms with E-state index in [0.717, 1.165) is 29.9 Å². The van der Waals surface area contributed by atoms with Crippen molar-refractivity contribution >= 4 is 132 Å². The van der Waals surface area contributed by atoms with Gasteiger partial charge in [-0.05, 0) is 92.9 Å². The first-order valence-corrected chi connectivity index (χ1v) is 43.1. The number of nitrogens with two attached hydrogens (primary N) is 2. The first-order chi connectivity index (χ1) is 48.2. The molecule has 2 aromatic carbocycles. The standard InChI is InChI=1S/C31H33N3O14S2.C27H46N3O16P3S4/c1-33-23-10-8-20-25(19-7-9-22(32)28(49(39,40)41)26(19)48-27(20)29(23)50(42,43)44)21-16-17(5-6-18(21)30(36)37)24(35)4-3-12-46-14-15-47-13-11-34-31(38)45-2;1-5-12-27(2,3)52-51-18-40-13-8-9-14-41-24(31)11-7-6-10-20-16-30(26(32)29-25(20)28)23-15-21(42-19-53(4)50)22(44-23)17-43-48(36,37)46-49(38,39)45-47(33,34)35/h5-10,16H,3-4,11-15,32H2,1-2H3,(H,34,38)(H,36,37)(H,39,40,41)(H,42,43,44);16,21-23H,5,7-9,11-15,17-19H2,1-4H3,(H,36,37)(H,38,39)(H2,28,29,32)(H2,33,34,35)/p+1/t;21-,22+,23+,53?/m.0/s1. The van der Waals surface area contributed by atoms with Crippen molar-refractivity contribution in [2.24, 2.45) is 0 Å². The van der Waals surface area contributed by atoms with Gasteiger partial charge in [-0.2, -0.15) is 30.4 Å². The number of hydrogen-bond donors (Lipinski definition) is 11. The summed E-state index contributed by atoms with van der Waals surface area (Å²) in [5.74, 6) is 3.18. The number of hydrogen-bond acceptors (Lipinski definition) is 29. The van der Waals surface area contributed by atoms with Crippen molar-refractivity contribution in [3.8, 4) is 34.3 Å². The van der Waals surface area contributed by atoms with Crippen LogP contribution in [0.2, 0.25) is 0 Å². The highest BCUT2D eigenvalue weighted by Crippen LogP contribution is 2.66. The smallest absolute Gasteiger partial charge is 0.478 e. The zero-order valence-corrected chi connectivity index (χ0v) is 63.7. The van der Waals surface area contributed by atoms with Crippen LogP contribution in [0.25, 0.3) is 33.4 Å². The third-order valence-corrected chi connectivity index (χ3v) is 23.5. The summed E-state index contributed by atoms with van der Waals surface area (Å²) in [4.78, 5) is 103. The summed E-state index contributed by atoms with van der Waals surface area (Å²) in [6.07, 6.45) is 3.31. The molecule has 1 aromatic heterocycles. The molecule has 3 aliphatic rings. The molecule has 36 nitrogen and oxygen atoms in total. The van der Waals surface area contributed by atoms with Gasteiger partial charge >= 0.3 is 57.3 Å². The van der Waals surface area contributed by atoms with E-state index in [1.54, 1.807) is 17.0 Å². The Morgan fingerprint density at radius 3 is 2.21 bits per heavy atom. The van der Waals surface area contributed by atoms with E-state index in [2.05, 4.69) is 61.3 Å². The number of ether oxygens (including phenoxy) is 7. The van der Waals surface area contributed by atoms with Crippen LogP contribution in [0.15, 0.2) is 67.7 Å². The van der Waals surface area contributed by atoms with Gasteiger partial charge in [0.25, 0.3) is 10.1 Å². The first-order valence-electron chi connectivity index (χ1n) is 30.6. The van der Waals surface area contributed by atoms with Crippen LogP contribution in [0, 0.1) is 11.8 Å². The number of phosphoric acid groups is 3. The van der Waals surface area contributed by atoms with Gasteiger partial charge in [0.2, 0.25) is 10.3 Å². The Balaban J connectivity index is 0.000000371. The van der Waals surface area contributed by atoms with E-state index in [9.17, 15) is 78.5 Å². The number of rotatable bonds is 39. The molecule has 572 valence electrons. The molecule has 1 saturated heterocycles. The number of Topliss-reactive ketones (excluding diaryl/α,β-unsaturated/α-hetero) is 1. The highest BCUT2D eigenvalue weighted by molar-refractivity contribution is 8.77. The van der Waals surface area contributed by atoms with Gasteiger partial charge in [-0.3, -0.25) is 27.8 Å². The molecule has 103 heavy (non-hydrogen) atoms. The molecule has 1 fully saturated rings. The predicted molar refractivity (Wildman–Crippen MR) is 378 cm³/mol. The summed E-state index contributed by atoms with van der Waals surface area (Å²) in [6, 6.07) is 8.77. The average Bonchev–Trinajstić information content (AvgIpc) is 1.29. The monoisotopic (exact) mass is 1630 g/mol. The normalized spacial score (nSPS) is 16.6. The quantitative estimate of drug-likeness (QED) is 0.00239. The lowest BCUT2D eigenvalue weighted by molar-refractivity contribution is -0.467. The number of amides is 1. The number of carboxylic acid groups (broad SMARTS) is 1. The highest BCUT2D eigenvalue weighted by Gasteiger charge is 2.44. The summed E-state index contributed by atoms with van der Waals surface area (Å²) in [5.41, 5.74) is 9.43. The number of phosphoric ester groups is 1. The minimum absolute atomic E-state index is 0.0107. The topological polar surface area (TPSA) is 548 Å². The van der Waals surface area contributed by atoms with Crippen LogP contribution >= 0.6 is 45.1 Å². The molecule has 3 heterocycles. The van der Waals surface area contributed by atoms with E-state index in [0.29, 0.717) is 19.0 Å². The van der Waals surface area contributed by atoms with Crippen molar-refractivity contribution in [1.82, 2.24) is 14.9 Å². The number of carbonyl (C=O) groups is 4. The molecule has 0 radical (unpaired) electrons. The van der Waals surface area contributed by atoms with Crippen LogP contribution < -0.4 is 32.8 Å². The number of nitrogens with one attached hydrogen (secondary N) is 2. The number of methoxy groups -OCH3 is 1. The Labute approximate surface area is 606 Å². The second-order valence-corrected chi connectivity index (χ2v) is 35.6. The lowest BCUT2D eigenvalue weighted by atomic mass is 9.88. The van der Waals surface area contributed by atoms with Gasteiger partial charge in [0.05, 0.1) is 75.4 Å². The number of carbonyl (C=O) groups excluding carboxylic acids is 3. The SMILES string of the molecule is CCCC(C)(C)SSCOCCCCOC(=O)CCC#Cc1cn([C@H]2C[C@H](OCS(C)=S)[C@@H](COP(=O)(O)OP(=O)(O)OP(=O)(O)O)O2)c(=O)nc1N.C[NH+]=c1ccc2c(-c3cc(C(=O)CCCOCCOCCNC(=O)OC)ccc3C(=O)O)c3ccc(N)c(S(=O)(=O)O)c3oc-2c1S(=O)(=O)O. The van der Waals surface area contributed by atoms with Crippen molar-refractivity contribution in [2.75, 3.05) is 96.6 Å². The van der Waals surface area contributed by atoms with E-state index >= 15 is 0 Å². The van der Waals surface area contributed by atoms with Crippen molar-refractivity contribution < 1.29 is 139 Å². The van der Waals surface area contributed by atoms with Crippen molar-refractivity contribution in [2.45, 2.75) is 112 Å². The van der Waals surface area contributed by atoms with E-state index in [1.165, 1.54) is 56.8 Å². The van der Waals surface area contributed by atoms with Crippen LogP contribution in [0.1, 0.15) is 111 Å². The molecule has 0 bridgehead atoms. The fourth-order valence-corrected chi connectivity index (χ4v) is 17.2. The van der Waals surface area contributed by atoms with Gasteiger partial charge in [0.1, 0.15) is 31.1 Å². The zero-order chi connectivity index (χ0) is 76.7. The average molecular weight is 1630 g/mol. The molecule has 2 aliphatic heterocycles. The van der Waals surface area contributed by atoms with E-state index in [1.807, 2.05) is 10.8 Å². The summed E-state index contributed by atoms with van der Waals surface area (Å²) < 4.78 is 162. The number of unbranched alkanes of at least 4 members (excludes halogenated alkanes) is 1. The lowest BCUT2D eigenvalue weighted by Crippen LogP contribution is -2.72. The van der Waals surface area contributed by atoms with Crippen LogP contribution in [-0.2, 0) is 106 Å². The molecule has 1 amide bonds. The van der Waals surface area contributed by atoms with Gasteiger partial charge in [0.15, 0.2) is 22.0 Å². The van der Waals surface area contributed by atoms with E-state index < -0.39 is 135 Å². The van der Waals surface area contributed by atoms with Gasteiger partial charge in [-0.15, -0.1) is 0 Å². The largest absolute Gasteiger partial charge is 0.490 e.